The molecule has 9 heteroatoms. The van der Waals surface area contributed by atoms with Crippen molar-refractivity contribution in [3.05, 3.63) is 64.0 Å². The minimum atomic E-state index is -0.542. The second-order valence-corrected chi connectivity index (χ2v) is 4.93. The highest BCUT2D eigenvalue weighted by molar-refractivity contribution is 9.08. The van der Waals surface area contributed by atoms with Crippen LogP contribution in [-0.2, 0) is 0 Å². The van der Waals surface area contributed by atoms with E-state index in [0.29, 0.717) is 0 Å². The first-order valence-electron chi connectivity index (χ1n) is 6.16. The zero-order valence-corrected chi connectivity index (χ0v) is 12.6. The Labute approximate surface area is 131 Å². The van der Waals surface area contributed by atoms with Crippen molar-refractivity contribution in [3.63, 3.8) is 0 Å². The van der Waals surface area contributed by atoms with Crippen LogP contribution in [0.2, 0.25) is 0 Å². The van der Waals surface area contributed by atoms with Crippen LogP contribution in [-0.4, -0.2) is 28.5 Å². The minimum Gasteiger partial charge on any atom is -0.339 e. The van der Waals surface area contributed by atoms with Crippen molar-refractivity contribution >= 4 is 38.2 Å². The molecule has 110 valence electrons. The standard InChI is InChI=1S/C8H6N2.C5H3BrN4O2/c1-2-4-8-7(3-1)5-9-6-10-8;6-10-4(11)2-3(8-1-7-2)9-5(10)12/h1-6H;1H,(H,7,8)(H,9,12). The number of hydrogen-bond acceptors (Lipinski definition) is 5. The van der Waals surface area contributed by atoms with Gasteiger partial charge in [0, 0.05) is 11.6 Å². The van der Waals surface area contributed by atoms with E-state index in [0.717, 1.165) is 14.5 Å². The van der Waals surface area contributed by atoms with E-state index in [-0.39, 0.29) is 11.2 Å². The molecule has 0 aliphatic rings. The number of rotatable bonds is 0. The van der Waals surface area contributed by atoms with Crippen LogP contribution < -0.4 is 11.2 Å². The molecule has 0 amide bonds. The van der Waals surface area contributed by atoms with E-state index in [2.05, 4.69) is 41.1 Å². The van der Waals surface area contributed by atoms with Crippen LogP contribution in [0.1, 0.15) is 0 Å². The van der Waals surface area contributed by atoms with Crippen LogP contribution in [0, 0.1) is 0 Å². The predicted molar refractivity (Wildman–Crippen MR) is 84.8 cm³/mol. The smallest absolute Gasteiger partial charge is 0.339 e. The summed E-state index contributed by atoms with van der Waals surface area (Å²) in [6.45, 7) is 0. The molecule has 3 aromatic heterocycles. The molecule has 3 heterocycles. The number of fused-ring (bicyclic) bond motifs is 2. The Morgan fingerprint density at radius 3 is 2.77 bits per heavy atom. The summed E-state index contributed by atoms with van der Waals surface area (Å²) in [7, 11) is 0. The van der Waals surface area contributed by atoms with E-state index in [4.69, 9.17) is 0 Å². The normalized spacial score (nSPS) is 10.4. The predicted octanol–water partition coefficient (Wildman–Crippen LogP) is 1.20. The van der Waals surface area contributed by atoms with Crippen LogP contribution >= 0.6 is 16.1 Å². The molecule has 0 fully saturated rings. The number of aromatic amines is 2. The number of H-pyrrole nitrogens is 2. The average molecular weight is 361 g/mol. The Balaban J connectivity index is 0.000000133. The van der Waals surface area contributed by atoms with Crippen molar-refractivity contribution in [1.29, 1.82) is 0 Å². The zero-order valence-electron chi connectivity index (χ0n) is 11.0. The second-order valence-electron chi connectivity index (χ2n) is 4.22. The summed E-state index contributed by atoms with van der Waals surface area (Å²) in [5.74, 6) is 0. The number of aromatic nitrogens is 6. The molecular weight excluding hydrogens is 352 g/mol. The quantitative estimate of drug-likeness (QED) is 0.489. The highest BCUT2D eigenvalue weighted by Crippen LogP contribution is 2.06. The van der Waals surface area contributed by atoms with Crippen molar-refractivity contribution in [2.24, 2.45) is 0 Å². The molecule has 0 atom stereocenters. The van der Waals surface area contributed by atoms with Crippen molar-refractivity contribution in [2.75, 3.05) is 0 Å². The van der Waals surface area contributed by atoms with Gasteiger partial charge in [0.15, 0.2) is 11.2 Å². The van der Waals surface area contributed by atoms with E-state index in [1.807, 2.05) is 30.5 Å². The summed E-state index contributed by atoms with van der Waals surface area (Å²) < 4.78 is 0.799. The molecule has 2 N–H and O–H groups in total. The molecule has 0 bridgehead atoms. The fraction of sp³-hybridized carbons (Fsp3) is 0. The van der Waals surface area contributed by atoms with Crippen LogP contribution in [0.5, 0.6) is 0 Å². The number of benzene rings is 1. The molecule has 0 saturated heterocycles. The Morgan fingerprint density at radius 1 is 1.14 bits per heavy atom. The third-order valence-corrected chi connectivity index (χ3v) is 3.49. The van der Waals surface area contributed by atoms with Gasteiger partial charge in [-0.25, -0.2) is 19.7 Å². The average Bonchev–Trinajstić information content (AvgIpc) is 3.02. The highest BCUT2D eigenvalue weighted by Gasteiger charge is 2.05. The van der Waals surface area contributed by atoms with Crippen molar-refractivity contribution < 1.29 is 0 Å². The van der Waals surface area contributed by atoms with Gasteiger partial charge in [0.1, 0.15) is 6.33 Å². The van der Waals surface area contributed by atoms with E-state index in [1.54, 1.807) is 6.33 Å². The van der Waals surface area contributed by atoms with Gasteiger partial charge in [0.2, 0.25) is 0 Å². The van der Waals surface area contributed by atoms with Gasteiger partial charge in [-0.05, 0) is 6.07 Å². The van der Waals surface area contributed by atoms with Gasteiger partial charge < -0.3 is 4.98 Å². The molecule has 0 aliphatic heterocycles. The summed E-state index contributed by atoms with van der Waals surface area (Å²) in [5, 5.41) is 1.09. The maximum atomic E-state index is 11.2. The van der Waals surface area contributed by atoms with Crippen LogP contribution in [0.15, 0.2) is 52.7 Å². The number of hydrogen-bond donors (Lipinski definition) is 2. The maximum Gasteiger partial charge on any atom is 0.340 e. The molecule has 4 rings (SSSR count). The molecule has 0 saturated carbocycles. The molecule has 4 aromatic rings. The van der Waals surface area contributed by atoms with Gasteiger partial charge in [0.05, 0.1) is 28.0 Å². The van der Waals surface area contributed by atoms with E-state index in [9.17, 15) is 9.59 Å². The first kappa shape index (κ1) is 14.1. The van der Waals surface area contributed by atoms with Crippen LogP contribution in [0.4, 0.5) is 0 Å². The SMILES string of the molecule is O=c1[nH]c2nc[nH]c2c(=O)n1Br.c1ccc2ncncc2c1. The lowest BCUT2D eigenvalue weighted by Gasteiger charge is -1.90. The number of nitrogens with zero attached hydrogens (tertiary/aromatic N) is 4. The largest absolute Gasteiger partial charge is 0.340 e. The van der Waals surface area contributed by atoms with Crippen molar-refractivity contribution in [2.45, 2.75) is 0 Å². The summed E-state index contributed by atoms with van der Waals surface area (Å²) in [6.07, 6.45) is 4.71. The van der Waals surface area contributed by atoms with E-state index < -0.39 is 11.2 Å². The number of halogens is 1. The van der Waals surface area contributed by atoms with Gasteiger partial charge in [-0.15, -0.1) is 0 Å². The summed E-state index contributed by atoms with van der Waals surface area (Å²) in [4.78, 5) is 38.9. The Morgan fingerprint density at radius 2 is 1.95 bits per heavy atom. The van der Waals surface area contributed by atoms with Crippen LogP contribution in [0.3, 0.4) is 0 Å². The van der Waals surface area contributed by atoms with Gasteiger partial charge in [0.25, 0.3) is 5.56 Å². The molecule has 0 spiro atoms. The fourth-order valence-electron chi connectivity index (χ4n) is 1.82. The highest BCUT2D eigenvalue weighted by atomic mass is 79.9. The molecular formula is C13H9BrN6O2. The van der Waals surface area contributed by atoms with Crippen molar-refractivity contribution in [1.82, 2.24) is 28.5 Å². The lowest BCUT2D eigenvalue weighted by molar-refractivity contribution is 1.02. The molecule has 0 aliphatic carbocycles. The number of para-hydroxylation sites is 1. The lowest BCUT2D eigenvalue weighted by Crippen LogP contribution is -2.28. The Hall–Kier alpha value is -2.81. The third kappa shape index (κ3) is 2.66. The lowest BCUT2D eigenvalue weighted by atomic mass is 10.2. The summed E-state index contributed by atoms with van der Waals surface area (Å²) >= 11 is 2.80. The summed E-state index contributed by atoms with van der Waals surface area (Å²) in [5.41, 5.74) is 0.538. The van der Waals surface area contributed by atoms with Crippen molar-refractivity contribution in [3.8, 4) is 0 Å². The first-order valence-corrected chi connectivity index (χ1v) is 6.87. The van der Waals surface area contributed by atoms with E-state index in [1.165, 1.54) is 6.33 Å². The van der Waals surface area contributed by atoms with Gasteiger partial charge in [-0.3, -0.25) is 9.78 Å². The van der Waals surface area contributed by atoms with E-state index >= 15 is 0 Å². The topological polar surface area (TPSA) is 109 Å². The molecule has 8 nitrogen and oxygen atoms in total. The Bertz CT molecular complexity index is 986. The molecule has 1 aromatic carbocycles. The third-order valence-electron chi connectivity index (χ3n) is 2.85. The Kier molecular flexibility index (Phi) is 3.79. The monoisotopic (exact) mass is 360 g/mol. The van der Waals surface area contributed by atoms with Gasteiger partial charge >= 0.3 is 5.69 Å². The van der Waals surface area contributed by atoms with Crippen LogP contribution in [0.25, 0.3) is 22.1 Å². The van der Waals surface area contributed by atoms with Gasteiger partial charge in [-0.2, -0.15) is 3.59 Å². The summed E-state index contributed by atoms with van der Waals surface area (Å²) in [6, 6.07) is 7.91. The molecule has 0 unspecified atom stereocenters. The fourth-order valence-corrected chi connectivity index (χ4v) is 2.08. The first-order chi connectivity index (χ1) is 10.7. The molecule has 22 heavy (non-hydrogen) atoms. The maximum absolute atomic E-state index is 11.2. The van der Waals surface area contributed by atoms with Gasteiger partial charge in [-0.1, -0.05) is 18.2 Å². The number of imidazole rings is 1. The zero-order chi connectivity index (χ0) is 15.5. The minimum absolute atomic E-state index is 0.265. The molecule has 0 radical (unpaired) electrons. The number of nitrogens with one attached hydrogen (secondary N) is 2. The second kappa shape index (κ2) is 5.90.